The molecular weight excluding hydrogens is 468 g/mol. The topological polar surface area (TPSA) is 75.7 Å². The largest absolute Gasteiger partial charge is 0.488 e. The molecule has 2 aromatic rings. The number of hydrogen-bond acceptors (Lipinski definition) is 5. The molecule has 3 rings (SSSR count). The smallest absolute Gasteiger partial charge is 0.294 e. The van der Waals surface area contributed by atoms with Crippen LogP contribution in [-0.2, 0) is 9.59 Å². The van der Waals surface area contributed by atoms with Crippen molar-refractivity contribution < 1.29 is 19.1 Å². The fourth-order valence-corrected chi connectivity index (χ4v) is 4.08. The summed E-state index contributed by atoms with van der Waals surface area (Å²) in [4.78, 5) is 38.4. The number of halogens is 1. The van der Waals surface area contributed by atoms with Crippen molar-refractivity contribution in [3.8, 4) is 5.75 Å². The number of carbonyl (C=O) groups is 3. The van der Waals surface area contributed by atoms with Crippen molar-refractivity contribution in [1.82, 2.24) is 4.90 Å². The van der Waals surface area contributed by atoms with Crippen molar-refractivity contribution in [2.45, 2.75) is 6.92 Å². The highest BCUT2D eigenvalue weighted by Crippen LogP contribution is 2.33. The molecule has 0 unspecified atom stereocenters. The first-order chi connectivity index (χ1) is 14.4. The van der Waals surface area contributed by atoms with Gasteiger partial charge in [-0.2, -0.15) is 0 Å². The first-order valence-corrected chi connectivity index (χ1v) is 10.6. The molecule has 1 aliphatic heterocycles. The van der Waals surface area contributed by atoms with Gasteiger partial charge in [0.15, 0.2) is 0 Å². The number of nitrogens with zero attached hydrogens (tertiary/aromatic N) is 1. The van der Waals surface area contributed by atoms with Crippen LogP contribution in [0.15, 0.2) is 64.5 Å². The minimum Gasteiger partial charge on any atom is -0.488 e. The Balaban J connectivity index is 1.68. The van der Waals surface area contributed by atoms with Crippen LogP contribution in [0.4, 0.5) is 10.5 Å². The minimum atomic E-state index is -0.493. The summed E-state index contributed by atoms with van der Waals surface area (Å²) < 4.78 is 6.22. The summed E-state index contributed by atoms with van der Waals surface area (Å²) in [6.07, 6.45) is 3.26. The maximum Gasteiger partial charge on any atom is 0.294 e. The third-order valence-electron chi connectivity index (χ3n) is 4.09. The van der Waals surface area contributed by atoms with E-state index < -0.39 is 17.1 Å². The molecule has 3 amide bonds. The molecule has 0 bridgehead atoms. The van der Waals surface area contributed by atoms with E-state index in [-0.39, 0.29) is 11.4 Å². The summed E-state index contributed by atoms with van der Waals surface area (Å²) >= 11 is 4.23. The maximum absolute atomic E-state index is 12.6. The summed E-state index contributed by atoms with van der Waals surface area (Å²) in [5.74, 6) is -0.281. The molecule has 1 fully saturated rings. The molecular formula is C22H19BrN2O4S. The summed E-state index contributed by atoms with van der Waals surface area (Å²) in [6, 6.07) is 12.6. The molecule has 1 N–H and O–H groups in total. The Hall–Kier alpha value is -2.84. The lowest BCUT2D eigenvalue weighted by Crippen LogP contribution is -2.36. The van der Waals surface area contributed by atoms with Gasteiger partial charge in [-0.15, -0.1) is 0 Å². The van der Waals surface area contributed by atoms with Crippen molar-refractivity contribution in [1.29, 1.82) is 0 Å². The fourth-order valence-electron chi connectivity index (χ4n) is 2.73. The zero-order valence-corrected chi connectivity index (χ0v) is 18.6. The van der Waals surface area contributed by atoms with Crippen LogP contribution in [0.1, 0.15) is 11.1 Å². The third-order valence-corrected chi connectivity index (χ3v) is 5.61. The molecule has 2 aromatic carbocycles. The van der Waals surface area contributed by atoms with Gasteiger partial charge in [0, 0.05) is 5.69 Å². The van der Waals surface area contributed by atoms with Crippen LogP contribution < -0.4 is 10.1 Å². The molecule has 1 heterocycles. The van der Waals surface area contributed by atoms with Gasteiger partial charge >= 0.3 is 0 Å². The van der Waals surface area contributed by atoms with Crippen LogP contribution in [0.25, 0.3) is 6.08 Å². The van der Waals surface area contributed by atoms with Gasteiger partial charge in [0.25, 0.3) is 11.1 Å². The standard InChI is InChI=1S/C22H19BrN2O4S/c1-3-9-29-18-8-7-15(11-17(18)23)12-19-21(27)25(22(28)30-19)13-20(26)24-16-6-4-5-14(2)10-16/h3-8,10-12H,1,9,13H2,2H3,(H,24,26)/b19-12-. The molecule has 0 saturated carbocycles. The molecule has 0 atom stereocenters. The zero-order valence-electron chi connectivity index (χ0n) is 16.2. The molecule has 0 aliphatic carbocycles. The number of anilines is 1. The van der Waals surface area contributed by atoms with Gasteiger partial charge in [-0.3, -0.25) is 19.3 Å². The van der Waals surface area contributed by atoms with E-state index in [0.29, 0.717) is 18.0 Å². The SMILES string of the molecule is C=CCOc1ccc(/C=C2\SC(=O)N(CC(=O)Nc3cccc(C)c3)C2=O)cc1Br. The normalized spacial score (nSPS) is 14.9. The van der Waals surface area contributed by atoms with Crippen LogP contribution >= 0.6 is 27.7 Å². The number of hydrogen-bond donors (Lipinski definition) is 1. The molecule has 1 saturated heterocycles. The maximum atomic E-state index is 12.6. The number of ether oxygens (including phenoxy) is 1. The molecule has 0 spiro atoms. The summed E-state index contributed by atoms with van der Waals surface area (Å²) in [6.45, 7) is 5.55. The van der Waals surface area contributed by atoms with E-state index >= 15 is 0 Å². The number of carbonyl (C=O) groups excluding carboxylic acids is 3. The monoisotopic (exact) mass is 486 g/mol. The molecule has 1 aliphatic rings. The molecule has 154 valence electrons. The summed E-state index contributed by atoms with van der Waals surface area (Å²) in [5, 5.41) is 2.23. The lowest BCUT2D eigenvalue weighted by molar-refractivity contribution is -0.127. The van der Waals surface area contributed by atoms with Gasteiger partial charge in [0.05, 0.1) is 9.38 Å². The molecule has 0 radical (unpaired) electrons. The predicted molar refractivity (Wildman–Crippen MR) is 122 cm³/mol. The number of rotatable bonds is 7. The lowest BCUT2D eigenvalue weighted by atomic mass is 10.2. The van der Waals surface area contributed by atoms with E-state index in [4.69, 9.17) is 4.74 Å². The van der Waals surface area contributed by atoms with E-state index in [0.717, 1.165) is 32.3 Å². The number of thioether (sulfide) groups is 1. The Morgan fingerprint density at radius 3 is 2.77 bits per heavy atom. The number of nitrogens with one attached hydrogen (secondary N) is 1. The highest BCUT2D eigenvalue weighted by molar-refractivity contribution is 9.10. The van der Waals surface area contributed by atoms with Crippen molar-refractivity contribution in [3.05, 3.63) is 75.6 Å². The van der Waals surface area contributed by atoms with Gasteiger partial charge in [0.1, 0.15) is 18.9 Å². The van der Waals surface area contributed by atoms with Crippen molar-refractivity contribution in [3.63, 3.8) is 0 Å². The van der Waals surface area contributed by atoms with Gasteiger partial charge < -0.3 is 10.1 Å². The Morgan fingerprint density at radius 2 is 2.07 bits per heavy atom. The van der Waals surface area contributed by atoms with Crippen LogP contribution in [0.5, 0.6) is 5.75 Å². The Bertz CT molecular complexity index is 1050. The quantitative estimate of drug-likeness (QED) is 0.440. The van der Waals surface area contributed by atoms with Crippen LogP contribution in [0.2, 0.25) is 0 Å². The Morgan fingerprint density at radius 1 is 1.27 bits per heavy atom. The van der Waals surface area contributed by atoms with E-state index in [9.17, 15) is 14.4 Å². The number of imide groups is 1. The predicted octanol–water partition coefficient (Wildman–Crippen LogP) is 5.00. The van der Waals surface area contributed by atoms with Crippen LogP contribution in [-0.4, -0.2) is 35.1 Å². The van der Waals surface area contributed by atoms with Crippen molar-refractivity contribution in [2.75, 3.05) is 18.5 Å². The fraction of sp³-hybridized carbons (Fsp3) is 0.136. The number of aryl methyl sites for hydroxylation is 1. The van der Waals surface area contributed by atoms with Crippen molar-refractivity contribution in [2.24, 2.45) is 0 Å². The Labute approximate surface area is 187 Å². The second kappa shape index (κ2) is 9.77. The number of amides is 3. The zero-order chi connectivity index (χ0) is 21.7. The second-order valence-electron chi connectivity index (χ2n) is 6.48. The van der Waals surface area contributed by atoms with E-state index in [1.54, 1.807) is 36.4 Å². The highest BCUT2D eigenvalue weighted by Gasteiger charge is 2.36. The molecule has 8 heteroatoms. The highest BCUT2D eigenvalue weighted by atomic mass is 79.9. The summed E-state index contributed by atoms with van der Waals surface area (Å²) in [5.41, 5.74) is 2.34. The summed E-state index contributed by atoms with van der Waals surface area (Å²) in [7, 11) is 0. The van der Waals surface area contributed by atoms with Gasteiger partial charge in [-0.25, -0.2) is 0 Å². The first kappa shape index (κ1) is 21.9. The molecule has 0 aromatic heterocycles. The Kier molecular flexibility index (Phi) is 7.12. The molecule has 30 heavy (non-hydrogen) atoms. The number of benzene rings is 2. The average molecular weight is 487 g/mol. The minimum absolute atomic E-state index is 0.259. The van der Waals surface area contributed by atoms with E-state index in [2.05, 4.69) is 27.8 Å². The van der Waals surface area contributed by atoms with Gasteiger partial charge in [-0.05, 0) is 76.1 Å². The van der Waals surface area contributed by atoms with Crippen molar-refractivity contribution >= 4 is 56.5 Å². The lowest BCUT2D eigenvalue weighted by Gasteiger charge is -2.12. The van der Waals surface area contributed by atoms with Crippen LogP contribution in [0, 0.1) is 6.92 Å². The van der Waals surface area contributed by atoms with Gasteiger partial charge in [-0.1, -0.05) is 30.9 Å². The molecule has 6 nitrogen and oxygen atoms in total. The van der Waals surface area contributed by atoms with Crippen LogP contribution in [0.3, 0.4) is 0 Å². The van der Waals surface area contributed by atoms with E-state index in [1.807, 2.05) is 25.1 Å². The second-order valence-corrected chi connectivity index (χ2v) is 8.32. The van der Waals surface area contributed by atoms with Gasteiger partial charge in [0.2, 0.25) is 5.91 Å². The third kappa shape index (κ3) is 5.40. The first-order valence-electron chi connectivity index (χ1n) is 9.02. The average Bonchev–Trinajstić information content (AvgIpc) is 2.95. The van der Waals surface area contributed by atoms with E-state index in [1.165, 1.54) is 0 Å².